The minimum atomic E-state index is -0.189. The highest BCUT2D eigenvalue weighted by Crippen LogP contribution is 2.34. The number of hydrogen-bond acceptors (Lipinski definition) is 1. The summed E-state index contributed by atoms with van der Waals surface area (Å²) in [6.07, 6.45) is 7.14. The summed E-state index contributed by atoms with van der Waals surface area (Å²) in [4.78, 5) is 2.27. The van der Waals surface area contributed by atoms with Crippen LogP contribution in [-0.2, 0) is 0 Å². The highest BCUT2D eigenvalue weighted by atomic mass is 19.1. The fourth-order valence-electron chi connectivity index (χ4n) is 3.46. The van der Waals surface area contributed by atoms with Crippen LogP contribution < -0.4 is 4.90 Å². The normalized spacial score (nSPS) is 11.8. The minimum Gasteiger partial charge on any atom is -0.374 e. The van der Waals surface area contributed by atoms with Gasteiger partial charge in [0.2, 0.25) is 0 Å². The van der Waals surface area contributed by atoms with E-state index in [9.17, 15) is 4.39 Å². The summed E-state index contributed by atoms with van der Waals surface area (Å²) < 4.78 is 13.5. The van der Waals surface area contributed by atoms with Gasteiger partial charge in [-0.2, -0.15) is 0 Å². The van der Waals surface area contributed by atoms with Crippen molar-refractivity contribution in [2.75, 3.05) is 18.5 Å². The van der Waals surface area contributed by atoms with Crippen molar-refractivity contribution in [3.63, 3.8) is 0 Å². The summed E-state index contributed by atoms with van der Waals surface area (Å²) >= 11 is 0. The highest BCUT2D eigenvalue weighted by Gasteiger charge is 2.15. The quantitative estimate of drug-likeness (QED) is 0.472. The van der Waals surface area contributed by atoms with E-state index < -0.39 is 0 Å². The van der Waals surface area contributed by atoms with Gasteiger partial charge in [-0.25, -0.2) is 4.39 Å². The van der Waals surface area contributed by atoms with Crippen molar-refractivity contribution in [3.8, 4) is 0 Å². The van der Waals surface area contributed by atoms with Crippen molar-refractivity contribution in [1.82, 2.24) is 0 Å². The van der Waals surface area contributed by atoms with Gasteiger partial charge in [-0.1, -0.05) is 63.1 Å². The van der Waals surface area contributed by atoms with Gasteiger partial charge in [0.15, 0.2) is 0 Å². The molecule has 0 radical (unpaired) electrons. The molecule has 0 unspecified atom stereocenters. The zero-order valence-corrected chi connectivity index (χ0v) is 16.6. The zero-order chi connectivity index (χ0) is 18.9. The fourth-order valence-corrected chi connectivity index (χ4v) is 3.46. The maximum Gasteiger partial charge on any atom is 0.123 e. The highest BCUT2D eigenvalue weighted by molar-refractivity contribution is 5.86. The molecule has 0 aliphatic rings. The molecule has 0 heterocycles. The Bertz CT molecular complexity index is 696. The molecule has 0 amide bonds. The van der Waals surface area contributed by atoms with E-state index in [0.717, 1.165) is 12.1 Å². The molecule has 0 saturated carbocycles. The number of nitrogens with zero attached hydrogens (tertiary/aromatic N) is 1. The topological polar surface area (TPSA) is 3.24 Å². The van der Waals surface area contributed by atoms with Crippen LogP contribution in [0.15, 0.2) is 54.6 Å². The van der Waals surface area contributed by atoms with Crippen molar-refractivity contribution < 1.29 is 4.39 Å². The maximum atomic E-state index is 13.5. The third-order valence-electron chi connectivity index (χ3n) is 4.96. The summed E-state index contributed by atoms with van der Waals surface area (Å²) in [6.45, 7) is 7.59. The molecule has 0 atom stereocenters. The smallest absolute Gasteiger partial charge is 0.123 e. The van der Waals surface area contributed by atoms with Gasteiger partial charge in [0.1, 0.15) is 5.82 Å². The molecular formula is C24H32FN. The molecule has 0 fully saturated rings. The van der Waals surface area contributed by atoms with Gasteiger partial charge in [0, 0.05) is 24.8 Å². The Morgan fingerprint density at radius 2 is 1.58 bits per heavy atom. The third kappa shape index (κ3) is 5.20. The van der Waals surface area contributed by atoms with E-state index in [1.54, 1.807) is 12.1 Å². The first-order chi connectivity index (χ1) is 12.6. The van der Waals surface area contributed by atoms with Gasteiger partial charge < -0.3 is 4.90 Å². The largest absolute Gasteiger partial charge is 0.374 e. The molecule has 0 bridgehead atoms. The Labute approximate surface area is 158 Å². The van der Waals surface area contributed by atoms with E-state index in [1.807, 2.05) is 12.1 Å². The predicted molar refractivity (Wildman–Crippen MR) is 112 cm³/mol. The molecule has 0 aromatic heterocycles. The second-order valence-corrected chi connectivity index (χ2v) is 6.96. The Morgan fingerprint density at radius 1 is 0.962 bits per heavy atom. The van der Waals surface area contributed by atoms with Gasteiger partial charge in [0.05, 0.1) is 0 Å². The predicted octanol–water partition coefficient (Wildman–Crippen LogP) is 6.93. The van der Waals surface area contributed by atoms with Crippen LogP contribution in [0.25, 0.3) is 5.57 Å². The first-order valence-corrected chi connectivity index (χ1v) is 9.88. The Morgan fingerprint density at radius 3 is 2.15 bits per heavy atom. The molecule has 2 aromatic carbocycles. The lowest BCUT2D eigenvalue weighted by Crippen LogP contribution is -2.17. The molecule has 2 aromatic rings. The summed E-state index contributed by atoms with van der Waals surface area (Å²) in [6, 6.07) is 15.5. The van der Waals surface area contributed by atoms with Crippen LogP contribution >= 0.6 is 0 Å². The molecule has 2 heteroatoms. The molecule has 0 N–H and O–H groups in total. The minimum absolute atomic E-state index is 0.189. The molecule has 2 rings (SSSR count). The zero-order valence-electron chi connectivity index (χ0n) is 16.6. The molecule has 0 spiro atoms. The number of halogens is 1. The molecule has 0 saturated heterocycles. The second-order valence-electron chi connectivity index (χ2n) is 6.96. The van der Waals surface area contributed by atoms with Crippen LogP contribution in [0.3, 0.4) is 0 Å². The van der Waals surface area contributed by atoms with Crippen LogP contribution in [0.5, 0.6) is 0 Å². The van der Waals surface area contributed by atoms with Crippen molar-refractivity contribution in [2.45, 2.75) is 46.5 Å². The Kier molecular flexibility index (Phi) is 7.90. The third-order valence-corrected chi connectivity index (χ3v) is 4.96. The second kappa shape index (κ2) is 10.2. The lowest BCUT2D eigenvalue weighted by molar-refractivity contribution is 0.530. The van der Waals surface area contributed by atoms with Crippen LogP contribution in [-0.4, -0.2) is 13.6 Å². The average Bonchev–Trinajstić information content (AvgIpc) is 2.66. The van der Waals surface area contributed by atoms with Gasteiger partial charge in [-0.15, -0.1) is 0 Å². The SMILES string of the molecule is CCCC(/C=C(\c1ccc(F)cc1)c1ccccc1N(C)CC)CCC. The van der Waals surface area contributed by atoms with E-state index in [2.05, 4.69) is 63.1 Å². The van der Waals surface area contributed by atoms with Gasteiger partial charge in [0.25, 0.3) is 0 Å². The van der Waals surface area contributed by atoms with Crippen LogP contribution in [0.4, 0.5) is 10.1 Å². The van der Waals surface area contributed by atoms with Gasteiger partial charge in [-0.05, 0) is 55.0 Å². The molecule has 140 valence electrons. The standard InChI is InChI=1S/C24H32FN/c1-5-10-19(11-6-2)18-23(20-14-16-21(25)17-15-20)22-12-8-9-13-24(22)26(4)7-3/h8-9,12-19H,5-7,10-11H2,1-4H3/b23-18+. The van der Waals surface area contributed by atoms with Crippen molar-refractivity contribution >= 4 is 11.3 Å². The number of allylic oxidation sites excluding steroid dienone is 1. The van der Waals surface area contributed by atoms with Crippen LogP contribution in [0.2, 0.25) is 0 Å². The monoisotopic (exact) mass is 353 g/mol. The van der Waals surface area contributed by atoms with E-state index in [0.29, 0.717) is 5.92 Å². The Balaban J connectivity index is 2.59. The first-order valence-electron chi connectivity index (χ1n) is 9.88. The van der Waals surface area contributed by atoms with Gasteiger partial charge >= 0.3 is 0 Å². The lowest BCUT2D eigenvalue weighted by Gasteiger charge is -2.23. The average molecular weight is 354 g/mol. The Hall–Kier alpha value is -2.09. The summed E-state index contributed by atoms with van der Waals surface area (Å²) in [7, 11) is 2.12. The molecular weight excluding hydrogens is 321 g/mol. The summed E-state index contributed by atoms with van der Waals surface area (Å²) in [5.74, 6) is 0.357. The summed E-state index contributed by atoms with van der Waals surface area (Å²) in [5, 5.41) is 0. The van der Waals surface area contributed by atoms with Crippen LogP contribution in [0, 0.1) is 11.7 Å². The number of hydrogen-bond donors (Lipinski definition) is 0. The molecule has 0 aliphatic heterocycles. The van der Waals surface area contributed by atoms with E-state index >= 15 is 0 Å². The molecule has 0 aliphatic carbocycles. The number of rotatable bonds is 9. The summed E-state index contributed by atoms with van der Waals surface area (Å²) in [5.41, 5.74) is 4.74. The fraction of sp³-hybridized carbons (Fsp3) is 0.417. The number of para-hydroxylation sites is 1. The van der Waals surface area contributed by atoms with E-state index in [1.165, 1.54) is 42.5 Å². The molecule has 1 nitrogen and oxygen atoms in total. The van der Waals surface area contributed by atoms with E-state index in [-0.39, 0.29) is 5.82 Å². The van der Waals surface area contributed by atoms with Crippen LogP contribution in [0.1, 0.15) is 57.6 Å². The number of benzene rings is 2. The van der Waals surface area contributed by atoms with Crippen molar-refractivity contribution in [2.24, 2.45) is 5.92 Å². The van der Waals surface area contributed by atoms with E-state index in [4.69, 9.17) is 0 Å². The first kappa shape index (κ1) is 20.2. The maximum absolute atomic E-state index is 13.5. The van der Waals surface area contributed by atoms with Crippen molar-refractivity contribution in [1.29, 1.82) is 0 Å². The lowest BCUT2D eigenvalue weighted by atomic mass is 9.89. The molecule has 26 heavy (non-hydrogen) atoms. The van der Waals surface area contributed by atoms with Crippen molar-refractivity contribution in [3.05, 3.63) is 71.6 Å². The van der Waals surface area contributed by atoms with Gasteiger partial charge in [-0.3, -0.25) is 0 Å². The number of anilines is 1.